The molecule has 0 aliphatic rings. The first-order valence-corrected chi connectivity index (χ1v) is 6.82. The molecule has 0 saturated heterocycles. The highest BCUT2D eigenvalue weighted by atomic mass is 35.5. The maximum atomic E-state index is 12.1. The van der Waals surface area contributed by atoms with E-state index in [0.29, 0.717) is 16.4 Å². The largest absolute Gasteiger partial charge is 0.399 e. The molecule has 0 radical (unpaired) electrons. The number of halogens is 1. The van der Waals surface area contributed by atoms with Crippen molar-refractivity contribution in [3.05, 3.63) is 23.2 Å². The Kier molecular flexibility index (Phi) is 5.99. The molecule has 4 heteroatoms. The lowest BCUT2D eigenvalue weighted by Gasteiger charge is -2.16. The minimum atomic E-state index is 0.0335. The molecule has 18 heavy (non-hydrogen) atoms. The van der Waals surface area contributed by atoms with Crippen molar-refractivity contribution in [1.29, 1.82) is 0 Å². The van der Waals surface area contributed by atoms with E-state index in [1.807, 2.05) is 0 Å². The average Bonchev–Trinajstić information content (AvgIpc) is 2.33. The molecule has 0 aromatic heterocycles. The Bertz CT molecular complexity index is 401. The van der Waals surface area contributed by atoms with Crippen LogP contribution < -0.4 is 11.1 Å². The normalized spacial score (nSPS) is 10.7. The highest BCUT2D eigenvalue weighted by Crippen LogP contribution is 2.25. The second kappa shape index (κ2) is 7.27. The summed E-state index contributed by atoms with van der Waals surface area (Å²) in [7, 11) is 0. The van der Waals surface area contributed by atoms with Crippen LogP contribution >= 0.6 is 11.6 Å². The molecule has 0 unspecified atom stereocenters. The monoisotopic (exact) mass is 268 g/mol. The number of nitrogens with one attached hydrogen (secondary N) is 1. The predicted octanol–water partition coefficient (Wildman–Crippen LogP) is 4.08. The lowest BCUT2D eigenvalue weighted by molar-refractivity contribution is -0.120. The summed E-state index contributed by atoms with van der Waals surface area (Å²) in [6.07, 6.45) is 3.81. The SMILES string of the molecule is CCCC(CCC)C(=O)Nc1cc(N)ccc1Cl. The van der Waals surface area contributed by atoms with E-state index in [2.05, 4.69) is 19.2 Å². The fourth-order valence-electron chi connectivity index (χ4n) is 1.98. The molecule has 1 aromatic carbocycles. The molecule has 0 aliphatic carbocycles. The Hall–Kier alpha value is -1.22. The van der Waals surface area contributed by atoms with E-state index in [9.17, 15) is 4.79 Å². The third-order valence-corrected chi connectivity index (χ3v) is 3.22. The minimum absolute atomic E-state index is 0.0335. The summed E-state index contributed by atoms with van der Waals surface area (Å²) in [5, 5.41) is 3.39. The molecular weight excluding hydrogens is 248 g/mol. The van der Waals surface area contributed by atoms with Crippen LogP contribution in [0, 0.1) is 5.92 Å². The fourth-order valence-corrected chi connectivity index (χ4v) is 2.14. The van der Waals surface area contributed by atoms with Gasteiger partial charge < -0.3 is 11.1 Å². The van der Waals surface area contributed by atoms with Crippen molar-refractivity contribution >= 4 is 28.9 Å². The lowest BCUT2D eigenvalue weighted by Crippen LogP contribution is -2.22. The van der Waals surface area contributed by atoms with Crippen LogP contribution in [0.5, 0.6) is 0 Å². The minimum Gasteiger partial charge on any atom is -0.399 e. The van der Waals surface area contributed by atoms with Crippen molar-refractivity contribution in [3.63, 3.8) is 0 Å². The Balaban J connectivity index is 2.75. The van der Waals surface area contributed by atoms with Gasteiger partial charge in [-0.05, 0) is 31.0 Å². The van der Waals surface area contributed by atoms with Gasteiger partial charge in [-0.15, -0.1) is 0 Å². The first-order valence-electron chi connectivity index (χ1n) is 6.44. The van der Waals surface area contributed by atoms with Crippen LogP contribution in [-0.2, 0) is 4.79 Å². The summed E-state index contributed by atoms with van der Waals surface area (Å²) in [4.78, 5) is 12.1. The predicted molar refractivity (Wildman–Crippen MR) is 77.8 cm³/mol. The number of carbonyl (C=O) groups excluding carboxylic acids is 1. The van der Waals surface area contributed by atoms with Gasteiger partial charge in [0, 0.05) is 11.6 Å². The van der Waals surface area contributed by atoms with Gasteiger partial charge in [0.25, 0.3) is 0 Å². The zero-order valence-electron chi connectivity index (χ0n) is 11.0. The Morgan fingerprint density at radius 3 is 2.50 bits per heavy atom. The number of amides is 1. The van der Waals surface area contributed by atoms with E-state index < -0.39 is 0 Å². The molecular formula is C14H21ClN2O. The molecule has 100 valence electrons. The maximum absolute atomic E-state index is 12.1. The number of nitrogen functional groups attached to an aromatic ring is 1. The summed E-state index contributed by atoms with van der Waals surface area (Å²) >= 11 is 6.03. The van der Waals surface area contributed by atoms with Gasteiger partial charge >= 0.3 is 0 Å². The standard InChI is InChI=1S/C14H21ClN2O/c1-3-5-10(6-4-2)14(18)17-13-9-11(16)7-8-12(13)15/h7-10H,3-6,16H2,1-2H3,(H,17,18). The van der Waals surface area contributed by atoms with Gasteiger partial charge in [-0.1, -0.05) is 38.3 Å². The smallest absolute Gasteiger partial charge is 0.227 e. The number of hydrogen-bond donors (Lipinski definition) is 2. The van der Waals surface area contributed by atoms with E-state index in [-0.39, 0.29) is 11.8 Å². The van der Waals surface area contributed by atoms with Crippen LogP contribution in [0.1, 0.15) is 39.5 Å². The molecule has 0 heterocycles. The molecule has 0 bridgehead atoms. The maximum Gasteiger partial charge on any atom is 0.227 e. The van der Waals surface area contributed by atoms with Gasteiger partial charge in [-0.2, -0.15) is 0 Å². The summed E-state index contributed by atoms with van der Waals surface area (Å²) in [6, 6.07) is 5.10. The molecule has 1 rings (SSSR count). The quantitative estimate of drug-likeness (QED) is 0.764. The van der Waals surface area contributed by atoms with Crippen molar-refractivity contribution in [2.75, 3.05) is 11.1 Å². The molecule has 1 aromatic rings. The molecule has 0 saturated carbocycles. The highest BCUT2D eigenvalue weighted by molar-refractivity contribution is 6.33. The van der Waals surface area contributed by atoms with E-state index in [1.54, 1.807) is 18.2 Å². The zero-order valence-corrected chi connectivity index (χ0v) is 11.8. The van der Waals surface area contributed by atoms with Crippen molar-refractivity contribution in [2.45, 2.75) is 39.5 Å². The molecule has 3 N–H and O–H groups in total. The average molecular weight is 269 g/mol. The summed E-state index contributed by atoms with van der Waals surface area (Å²) in [6.45, 7) is 4.17. The first-order chi connectivity index (χ1) is 8.58. The van der Waals surface area contributed by atoms with Crippen LogP contribution in [0.25, 0.3) is 0 Å². The summed E-state index contributed by atoms with van der Waals surface area (Å²) < 4.78 is 0. The molecule has 3 nitrogen and oxygen atoms in total. The lowest BCUT2D eigenvalue weighted by atomic mass is 9.97. The summed E-state index contributed by atoms with van der Waals surface area (Å²) in [5.41, 5.74) is 6.88. The van der Waals surface area contributed by atoms with Crippen molar-refractivity contribution in [3.8, 4) is 0 Å². The van der Waals surface area contributed by atoms with Gasteiger partial charge in [0.1, 0.15) is 0 Å². The van der Waals surface area contributed by atoms with Gasteiger partial charge in [0.15, 0.2) is 0 Å². The van der Waals surface area contributed by atoms with E-state index in [0.717, 1.165) is 25.7 Å². The van der Waals surface area contributed by atoms with Crippen molar-refractivity contribution < 1.29 is 4.79 Å². The Morgan fingerprint density at radius 2 is 1.94 bits per heavy atom. The van der Waals surface area contributed by atoms with Crippen LogP contribution in [0.4, 0.5) is 11.4 Å². The third kappa shape index (κ3) is 4.22. The Labute approximate surface area is 114 Å². The van der Waals surface area contributed by atoms with Crippen molar-refractivity contribution in [2.24, 2.45) is 5.92 Å². The van der Waals surface area contributed by atoms with E-state index in [1.165, 1.54) is 0 Å². The molecule has 0 atom stereocenters. The molecule has 0 fully saturated rings. The first kappa shape index (κ1) is 14.8. The number of anilines is 2. The Morgan fingerprint density at radius 1 is 1.33 bits per heavy atom. The third-order valence-electron chi connectivity index (χ3n) is 2.89. The fraction of sp³-hybridized carbons (Fsp3) is 0.500. The summed E-state index contributed by atoms with van der Waals surface area (Å²) in [5.74, 6) is 0.0868. The molecule has 1 amide bonds. The zero-order chi connectivity index (χ0) is 13.5. The van der Waals surface area contributed by atoms with Crippen LogP contribution in [0.3, 0.4) is 0 Å². The second-order valence-corrected chi connectivity index (χ2v) is 4.91. The molecule has 0 spiro atoms. The highest BCUT2D eigenvalue weighted by Gasteiger charge is 2.17. The van der Waals surface area contributed by atoms with Crippen LogP contribution in [-0.4, -0.2) is 5.91 Å². The second-order valence-electron chi connectivity index (χ2n) is 4.50. The van der Waals surface area contributed by atoms with Crippen LogP contribution in [0.15, 0.2) is 18.2 Å². The van der Waals surface area contributed by atoms with Gasteiger partial charge in [-0.25, -0.2) is 0 Å². The van der Waals surface area contributed by atoms with E-state index >= 15 is 0 Å². The van der Waals surface area contributed by atoms with E-state index in [4.69, 9.17) is 17.3 Å². The van der Waals surface area contributed by atoms with Gasteiger partial charge in [0.05, 0.1) is 10.7 Å². The number of nitrogens with two attached hydrogens (primary N) is 1. The number of hydrogen-bond acceptors (Lipinski definition) is 2. The number of carbonyl (C=O) groups is 1. The number of benzene rings is 1. The molecule has 0 aliphatic heterocycles. The van der Waals surface area contributed by atoms with Gasteiger partial charge in [-0.3, -0.25) is 4.79 Å². The van der Waals surface area contributed by atoms with Gasteiger partial charge in [0.2, 0.25) is 5.91 Å². The number of rotatable bonds is 6. The topological polar surface area (TPSA) is 55.1 Å². The van der Waals surface area contributed by atoms with Crippen LogP contribution in [0.2, 0.25) is 5.02 Å². The van der Waals surface area contributed by atoms with Crippen molar-refractivity contribution in [1.82, 2.24) is 0 Å².